The van der Waals surface area contributed by atoms with E-state index in [0.29, 0.717) is 21.8 Å². The summed E-state index contributed by atoms with van der Waals surface area (Å²) in [5.74, 6) is -2.18. The van der Waals surface area contributed by atoms with E-state index >= 15 is 14.4 Å². The van der Waals surface area contributed by atoms with Crippen LogP contribution in [0.5, 0.6) is 5.75 Å². The van der Waals surface area contributed by atoms with Gasteiger partial charge in [-0.25, -0.2) is 9.78 Å². The van der Waals surface area contributed by atoms with E-state index in [4.69, 9.17) is 19.7 Å². The SMILES string of the molecule is O=C(NC1C(=O)N2C(C(=O)OC(c3ccccc3)c3ccccc3)=C(C=CCn3cc4cc(O)c(=O)cc-4cn3)CS[C@@H]12)C(=NOC(c1ccccc1)(c1ccccc1)c1ccccc1)c1csc(NC(c2ccccc2)(c2ccccc2)c2ccccc2)n1. The Morgan fingerprint density at radius 1 is 0.656 bits per heavy atom. The number of aromatic nitrogens is 3. The number of thiazole rings is 1. The summed E-state index contributed by atoms with van der Waals surface area (Å²) in [7, 11) is 0. The molecule has 9 aromatic rings. The smallest absolute Gasteiger partial charge is 0.356 e. The van der Waals surface area contributed by atoms with Gasteiger partial charge in [0.25, 0.3) is 11.8 Å². The molecule has 4 aliphatic rings. The van der Waals surface area contributed by atoms with Gasteiger partial charge < -0.3 is 25.3 Å². The van der Waals surface area contributed by atoms with Crippen LogP contribution in [0.2, 0.25) is 0 Å². The van der Waals surface area contributed by atoms with E-state index in [0.717, 1.165) is 44.5 Å². The van der Waals surface area contributed by atoms with Crippen LogP contribution in [0.3, 0.4) is 0 Å². The molecule has 1 aliphatic carbocycles. The van der Waals surface area contributed by atoms with Crippen LogP contribution in [0.1, 0.15) is 56.3 Å². The molecule has 3 N–H and O–H groups in total. The molecule has 1 fully saturated rings. The van der Waals surface area contributed by atoms with Gasteiger partial charge in [0.05, 0.1) is 12.7 Å². The number of β-lactam (4-membered cyclic amide) rings is 1. The summed E-state index contributed by atoms with van der Waals surface area (Å²) in [6, 6.07) is 79.7. The lowest BCUT2D eigenvalue weighted by Crippen LogP contribution is -2.71. The number of phenolic OH excluding ortho intramolecular Hbond substituents is 1. The van der Waals surface area contributed by atoms with Crippen molar-refractivity contribution in [2.45, 2.75) is 35.2 Å². The first-order valence-electron chi connectivity index (χ1n) is 29.2. The molecule has 2 atom stereocenters. The van der Waals surface area contributed by atoms with Crippen molar-refractivity contribution < 1.29 is 29.1 Å². The van der Waals surface area contributed by atoms with Gasteiger partial charge >= 0.3 is 5.97 Å². The van der Waals surface area contributed by atoms with Crippen molar-refractivity contribution in [3.63, 3.8) is 0 Å². The molecule has 1 aromatic heterocycles. The predicted octanol–water partition coefficient (Wildman–Crippen LogP) is 12.9. The Kier molecular flexibility index (Phi) is 16.6. The number of benzene rings is 9. The van der Waals surface area contributed by atoms with E-state index in [1.165, 1.54) is 40.1 Å². The maximum absolute atomic E-state index is 15.7. The monoisotopic (exact) mass is 1220 g/mol. The third kappa shape index (κ3) is 11.5. The van der Waals surface area contributed by atoms with E-state index in [-0.39, 0.29) is 35.1 Å². The number of fused-ring (bicyclic) bond motifs is 2. The molecule has 2 amide bonds. The number of rotatable bonds is 20. The topological polar surface area (TPSA) is 177 Å². The molecule has 3 aliphatic heterocycles. The number of allylic oxidation sites excluding steroid dienone is 2. The molecule has 14 nitrogen and oxygen atoms in total. The van der Waals surface area contributed by atoms with Crippen LogP contribution >= 0.6 is 23.1 Å². The van der Waals surface area contributed by atoms with E-state index in [1.54, 1.807) is 28.5 Å². The fourth-order valence-corrected chi connectivity index (χ4v) is 13.7. The highest BCUT2D eigenvalue weighted by atomic mass is 32.2. The van der Waals surface area contributed by atoms with Crippen molar-refractivity contribution in [1.29, 1.82) is 0 Å². The number of ether oxygens (including phenoxy) is 1. The minimum atomic E-state index is -1.41. The van der Waals surface area contributed by atoms with Gasteiger partial charge in [-0.3, -0.25) is 24.0 Å². The Hall–Kier alpha value is -10.9. The van der Waals surface area contributed by atoms with Gasteiger partial charge in [-0.15, -0.1) is 23.1 Å². The third-order valence-electron chi connectivity index (χ3n) is 16.0. The van der Waals surface area contributed by atoms with Gasteiger partial charge in [0.15, 0.2) is 22.7 Å². The first-order chi connectivity index (χ1) is 44.2. The average Bonchev–Trinajstić information content (AvgIpc) is 0.755. The van der Waals surface area contributed by atoms with Gasteiger partial charge in [-0.1, -0.05) is 260 Å². The number of oxime groups is 1. The van der Waals surface area contributed by atoms with E-state index in [1.807, 2.05) is 212 Å². The van der Waals surface area contributed by atoms with Gasteiger partial charge in [-0.2, -0.15) is 5.10 Å². The van der Waals surface area contributed by atoms with Gasteiger partial charge in [0, 0.05) is 45.1 Å². The summed E-state index contributed by atoms with van der Waals surface area (Å²) in [4.78, 5) is 71.8. The highest BCUT2D eigenvalue weighted by molar-refractivity contribution is 8.00. The normalized spacial score (nSPS) is 15.1. The summed E-state index contributed by atoms with van der Waals surface area (Å²) < 4.78 is 8.12. The van der Waals surface area contributed by atoms with Crippen molar-refractivity contribution in [3.8, 4) is 16.9 Å². The number of thioether (sulfide) groups is 1. The minimum Gasteiger partial charge on any atom is -0.504 e. The van der Waals surface area contributed by atoms with Crippen LogP contribution in [0.25, 0.3) is 11.1 Å². The molecule has 0 radical (unpaired) electrons. The molecule has 16 heteroatoms. The van der Waals surface area contributed by atoms with Crippen LogP contribution in [-0.2, 0) is 41.6 Å². The van der Waals surface area contributed by atoms with Crippen molar-refractivity contribution in [2.75, 3.05) is 11.1 Å². The van der Waals surface area contributed by atoms with Gasteiger partial charge in [0.2, 0.25) is 11.0 Å². The number of hydrogen-bond donors (Lipinski definition) is 3. The number of nitrogens with one attached hydrogen (secondary N) is 2. The lowest BCUT2D eigenvalue weighted by atomic mass is 9.77. The molecular weight excluding hydrogens is 1160 g/mol. The number of phenols is 1. The number of esters is 1. The zero-order valence-corrected chi connectivity index (χ0v) is 49.9. The second-order valence-corrected chi connectivity index (χ2v) is 23.5. The zero-order valence-electron chi connectivity index (χ0n) is 48.2. The second kappa shape index (κ2) is 25.8. The molecule has 0 spiro atoms. The first-order valence-corrected chi connectivity index (χ1v) is 31.1. The van der Waals surface area contributed by atoms with Crippen molar-refractivity contribution in [3.05, 3.63) is 356 Å². The standard InChI is InChI=1S/C74H57N7O7S2/c82-62-44-53-46-75-80(47-54(53)45-63(62)83)43-25-30-52-48-89-70-65(69(85)81(70)66(52)71(86)87-67(50-26-9-1-10-27-50)51-28-11-2-12-29-51)77-68(84)64(79-88-74(58-37-19-6-20-38-58,59-39-21-7-22-40-59)60-41-23-8-24-42-60)61-49-90-72(76-61)78-73(55-31-13-3-14-32-55,56-33-15-4-16-34-56)57-35-17-5-18-36-57/h1-42,44-47,49,65,67,70,83H,43,48H2,(H,76,78)(H,77,84)/t65?,70-/m0/s1. The number of amides is 2. The molecule has 8 aromatic carbocycles. The van der Waals surface area contributed by atoms with E-state index in [9.17, 15) is 9.90 Å². The number of carbonyl (C=O) groups is 3. The third-order valence-corrected chi connectivity index (χ3v) is 18.1. The van der Waals surface area contributed by atoms with Crippen molar-refractivity contribution >= 4 is 51.7 Å². The quantitative estimate of drug-likeness (QED) is 0.0218. The summed E-state index contributed by atoms with van der Waals surface area (Å²) in [5.41, 5.74) is 5.26. The molecular formula is C74H57N7O7S2. The number of hydrogen-bond acceptors (Lipinski definition) is 13. The van der Waals surface area contributed by atoms with Gasteiger partial charge in [-0.05, 0) is 45.5 Å². The second-order valence-electron chi connectivity index (χ2n) is 21.5. The van der Waals surface area contributed by atoms with E-state index < -0.39 is 51.9 Å². The zero-order chi connectivity index (χ0) is 61.4. The summed E-state index contributed by atoms with van der Waals surface area (Å²) in [5, 5.41) is 27.9. The Labute approximate surface area is 527 Å². The molecule has 13 rings (SSSR count). The first kappa shape index (κ1) is 58.1. The molecule has 90 heavy (non-hydrogen) atoms. The summed E-state index contributed by atoms with van der Waals surface area (Å²) in [6.07, 6.45) is 5.98. The summed E-state index contributed by atoms with van der Waals surface area (Å²) in [6.45, 7) is 0.225. The van der Waals surface area contributed by atoms with E-state index in [2.05, 4.69) is 52.1 Å². The Balaban J connectivity index is 0.884. The van der Waals surface area contributed by atoms with Crippen LogP contribution < -0.4 is 16.1 Å². The number of anilines is 1. The van der Waals surface area contributed by atoms with Crippen molar-refractivity contribution in [2.24, 2.45) is 5.16 Å². The lowest BCUT2D eigenvalue weighted by molar-refractivity contribution is -0.154. The van der Waals surface area contributed by atoms with Crippen LogP contribution in [0.4, 0.5) is 5.13 Å². The average molecular weight is 1220 g/mol. The largest absolute Gasteiger partial charge is 0.504 e. The fourth-order valence-electron chi connectivity index (χ4n) is 11.7. The minimum absolute atomic E-state index is 0.0243. The van der Waals surface area contributed by atoms with Crippen LogP contribution in [0, 0.1) is 0 Å². The number of aromatic hydroxyl groups is 1. The maximum atomic E-state index is 15.7. The lowest BCUT2D eigenvalue weighted by Gasteiger charge is -2.49. The fraction of sp³-hybridized carbons (Fsp3) is 0.0946. The Bertz CT molecular complexity index is 4230. The molecule has 0 bridgehead atoms. The Morgan fingerprint density at radius 2 is 1.14 bits per heavy atom. The van der Waals surface area contributed by atoms with Crippen molar-refractivity contribution in [1.82, 2.24) is 25.0 Å². The van der Waals surface area contributed by atoms with Crippen LogP contribution in [0.15, 0.2) is 306 Å². The highest BCUT2D eigenvalue weighted by Crippen LogP contribution is 2.45. The maximum Gasteiger partial charge on any atom is 0.356 e. The van der Waals surface area contributed by atoms with Gasteiger partial charge in [0.1, 0.15) is 28.3 Å². The highest BCUT2D eigenvalue weighted by Gasteiger charge is 2.55. The van der Waals surface area contributed by atoms with Crippen LogP contribution in [-0.4, -0.2) is 65.4 Å². The molecule has 1 saturated heterocycles. The molecule has 1 unspecified atom stereocenters. The predicted molar refractivity (Wildman–Crippen MR) is 351 cm³/mol. The Morgan fingerprint density at radius 3 is 1.66 bits per heavy atom. The summed E-state index contributed by atoms with van der Waals surface area (Å²) >= 11 is 2.67. The molecule has 0 saturated carbocycles. The number of carbonyl (C=O) groups excluding carboxylic acids is 3. The molecule has 442 valence electrons. The number of nitrogens with zero attached hydrogens (tertiary/aromatic N) is 5. The molecule has 4 heterocycles.